The summed E-state index contributed by atoms with van der Waals surface area (Å²) in [7, 11) is 0. The molecule has 0 aromatic heterocycles. The van der Waals surface area contributed by atoms with Crippen molar-refractivity contribution in [1.29, 1.82) is 0 Å². The minimum Gasteiger partial charge on any atom is -0.398 e. The number of hydrogen-bond donors (Lipinski definition) is 1. The molecule has 3 nitrogen and oxygen atoms in total. The predicted molar refractivity (Wildman–Crippen MR) is 94.1 cm³/mol. The number of hydrogen-bond acceptors (Lipinski definition) is 3. The lowest BCUT2D eigenvalue weighted by Crippen LogP contribution is -2.29. The zero-order valence-corrected chi connectivity index (χ0v) is 13.6. The van der Waals surface area contributed by atoms with Gasteiger partial charge in [-0.2, -0.15) is 0 Å². The number of para-hydroxylation sites is 2. The van der Waals surface area contributed by atoms with Gasteiger partial charge in [0, 0.05) is 16.9 Å². The molecule has 0 unspecified atom stereocenters. The van der Waals surface area contributed by atoms with E-state index >= 15 is 0 Å². The van der Waals surface area contributed by atoms with E-state index in [1.54, 1.807) is 11.8 Å². The summed E-state index contributed by atoms with van der Waals surface area (Å²) in [5.41, 5.74) is 10.1. The lowest BCUT2D eigenvalue weighted by Gasteiger charge is -2.28. The first-order valence-corrected chi connectivity index (χ1v) is 8.51. The molecule has 2 N–H and O–H groups in total. The van der Waals surface area contributed by atoms with Gasteiger partial charge in [-0.15, -0.1) is 11.8 Å². The van der Waals surface area contributed by atoms with Crippen molar-refractivity contribution in [2.45, 2.75) is 25.1 Å². The second-order valence-corrected chi connectivity index (χ2v) is 6.84. The second kappa shape index (κ2) is 6.05. The molecule has 0 bridgehead atoms. The number of carbonyl (C=O) groups excluding carboxylic acids is 1. The van der Waals surface area contributed by atoms with E-state index in [1.165, 1.54) is 5.56 Å². The maximum Gasteiger partial charge on any atom is 0.238 e. The number of amides is 1. The Labute approximate surface area is 135 Å². The Morgan fingerprint density at radius 3 is 2.55 bits per heavy atom. The standard InChI is InChI=1S/C18H20N2OS/c1-12(2)13-7-4-6-10-16(13)20-17(21)11-22-18(20)14-8-3-5-9-15(14)19/h3-10,12,18H,11,19H2,1-2H3/t18-/m1/s1. The van der Waals surface area contributed by atoms with Crippen molar-refractivity contribution >= 4 is 29.0 Å². The van der Waals surface area contributed by atoms with E-state index in [2.05, 4.69) is 19.9 Å². The molecule has 0 radical (unpaired) electrons. The molecule has 114 valence electrons. The highest BCUT2D eigenvalue weighted by atomic mass is 32.2. The minimum absolute atomic E-state index is 0.0476. The number of thioether (sulfide) groups is 1. The van der Waals surface area contributed by atoms with Gasteiger partial charge in [0.15, 0.2) is 0 Å². The van der Waals surface area contributed by atoms with E-state index in [-0.39, 0.29) is 11.3 Å². The molecule has 1 amide bonds. The first-order chi connectivity index (χ1) is 10.6. The van der Waals surface area contributed by atoms with Gasteiger partial charge >= 0.3 is 0 Å². The number of carbonyl (C=O) groups is 1. The van der Waals surface area contributed by atoms with Crippen LogP contribution in [0.5, 0.6) is 0 Å². The van der Waals surface area contributed by atoms with Crippen molar-refractivity contribution in [2.75, 3.05) is 16.4 Å². The average molecular weight is 312 g/mol. The Morgan fingerprint density at radius 2 is 1.82 bits per heavy atom. The molecule has 1 aliphatic rings. The van der Waals surface area contributed by atoms with E-state index in [9.17, 15) is 4.79 Å². The van der Waals surface area contributed by atoms with Crippen molar-refractivity contribution in [3.63, 3.8) is 0 Å². The minimum atomic E-state index is -0.0476. The maximum absolute atomic E-state index is 12.5. The van der Waals surface area contributed by atoms with Gasteiger partial charge in [0.05, 0.1) is 5.75 Å². The fourth-order valence-corrected chi connectivity index (χ4v) is 4.06. The van der Waals surface area contributed by atoms with Crippen LogP contribution in [-0.4, -0.2) is 11.7 Å². The molecule has 0 saturated carbocycles. The van der Waals surface area contributed by atoms with E-state index in [0.717, 1.165) is 16.9 Å². The van der Waals surface area contributed by atoms with Crippen LogP contribution in [0.3, 0.4) is 0 Å². The zero-order valence-electron chi connectivity index (χ0n) is 12.8. The summed E-state index contributed by atoms with van der Waals surface area (Å²) in [5, 5.41) is -0.0476. The van der Waals surface area contributed by atoms with E-state index in [0.29, 0.717) is 11.7 Å². The summed E-state index contributed by atoms with van der Waals surface area (Å²) in [6.45, 7) is 4.30. The number of nitrogen functional groups attached to an aromatic ring is 1. The van der Waals surface area contributed by atoms with Crippen molar-refractivity contribution < 1.29 is 4.79 Å². The molecule has 3 rings (SSSR count). The topological polar surface area (TPSA) is 46.3 Å². The highest BCUT2D eigenvalue weighted by Gasteiger charge is 2.36. The van der Waals surface area contributed by atoms with Crippen LogP contribution in [0.4, 0.5) is 11.4 Å². The summed E-state index contributed by atoms with van der Waals surface area (Å²) in [6, 6.07) is 15.9. The number of nitrogens with two attached hydrogens (primary N) is 1. The third-order valence-electron chi connectivity index (χ3n) is 3.95. The van der Waals surface area contributed by atoms with Crippen LogP contribution < -0.4 is 10.6 Å². The molecule has 1 atom stereocenters. The molecule has 22 heavy (non-hydrogen) atoms. The van der Waals surface area contributed by atoms with Gasteiger partial charge in [0.1, 0.15) is 5.37 Å². The molecule has 4 heteroatoms. The first kappa shape index (κ1) is 15.0. The molecule has 1 fully saturated rings. The third kappa shape index (κ3) is 2.59. The van der Waals surface area contributed by atoms with E-state index < -0.39 is 0 Å². The SMILES string of the molecule is CC(C)c1ccccc1N1C(=O)CS[C@@H]1c1ccccc1N. The Balaban J connectivity index is 2.08. The monoisotopic (exact) mass is 312 g/mol. The summed E-state index contributed by atoms with van der Waals surface area (Å²) < 4.78 is 0. The Kier molecular flexibility index (Phi) is 4.12. The molecule has 1 aliphatic heterocycles. The summed E-state index contributed by atoms with van der Waals surface area (Å²) in [5.74, 6) is 1.00. The van der Waals surface area contributed by atoms with Crippen LogP contribution >= 0.6 is 11.8 Å². The normalized spacial score (nSPS) is 18.2. The summed E-state index contributed by atoms with van der Waals surface area (Å²) >= 11 is 1.64. The fourth-order valence-electron chi connectivity index (χ4n) is 2.85. The highest BCUT2D eigenvalue weighted by Crippen LogP contribution is 2.45. The fraction of sp³-hybridized carbons (Fsp3) is 0.278. The van der Waals surface area contributed by atoms with Crippen molar-refractivity contribution in [2.24, 2.45) is 0 Å². The summed E-state index contributed by atoms with van der Waals surface area (Å²) in [4.78, 5) is 14.4. The van der Waals surface area contributed by atoms with Crippen LogP contribution in [0.1, 0.15) is 36.3 Å². The molecule has 1 heterocycles. The Hall–Kier alpha value is -1.94. The molecule has 0 spiro atoms. The van der Waals surface area contributed by atoms with Crippen LogP contribution in [0.25, 0.3) is 0 Å². The van der Waals surface area contributed by atoms with Gasteiger partial charge < -0.3 is 5.73 Å². The third-order valence-corrected chi connectivity index (χ3v) is 5.14. The summed E-state index contributed by atoms with van der Waals surface area (Å²) in [6.07, 6.45) is 0. The van der Waals surface area contributed by atoms with Crippen molar-refractivity contribution in [3.8, 4) is 0 Å². The lowest BCUT2D eigenvalue weighted by molar-refractivity contribution is -0.115. The molecular formula is C18H20N2OS. The van der Waals surface area contributed by atoms with Gasteiger partial charge in [-0.25, -0.2) is 0 Å². The smallest absolute Gasteiger partial charge is 0.238 e. The number of anilines is 2. The van der Waals surface area contributed by atoms with Crippen LogP contribution in [0.2, 0.25) is 0 Å². The first-order valence-electron chi connectivity index (χ1n) is 7.46. The Bertz CT molecular complexity index is 699. The lowest BCUT2D eigenvalue weighted by atomic mass is 10.00. The maximum atomic E-state index is 12.5. The van der Waals surface area contributed by atoms with Crippen LogP contribution in [0.15, 0.2) is 48.5 Å². The second-order valence-electron chi connectivity index (χ2n) is 5.77. The zero-order chi connectivity index (χ0) is 15.7. The molecule has 2 aromatic rings. The Morgan fingerprint density at radius 1 is 1.14 bits per heavy atom. The van der Waals surface area contributed by atoms with Gasteiger partial charge in [0.25, 0.3) is 0 Å². The predicted octanol–water partition coefficient (Wildman–Crippen LogP) is 4.17. The molecule has 0 aliphatic carbocycles. The number of nitrogens with zero attached hydrogens (tertiary/aromatic N) is 1. The van der Waals surface area contributed by atoms with Gasteiger partial charge in [-0.1, -0.05) is 50.2 Å². The van der Waals surface area contributed by atoms with E-state index in [4.69, 9.17) is 5.73 Å². The quantitative estimate of drug-likeness (QED) is 0.865. The van der Waals surface area contributed by atoms with Gasteiger partial charge in [-0.05, 0) is 23.6 Å². The largest absolute Gasteiger partial charge is 0.398 e. The van der Waals surface area contributed by atoms with Gasteiger partial charge in [-0.3, -0.25) is 9.69 Å². The van der Waals surface area contributed by atoms with Crippen molar-refractivity contribution in [1.82, 2.24) is 0 Å². The highest BCUT2D eigenvalue weighted by molar-refractivity contribution is 8.00. The van der Waals surface area contributed by atoms with Crippen molar-refractivity contribution in [3.05, 3.63) is 59.7 Å². The average Bonchev–Trinajstić information content (AvgIpc) is 2.89. The van der Waals surface area contributed by atoms with Crippen LogP contribution in [-0.2, 0) is 4.79 Å². The van der Waals surface area contributed by atoms with Crippen LogP contribution in [0, 0.1) is 0 Å². The number of rotatable bonds is 3. The molecule has 1 saturated heterocycles. The van der Waals surface area contributed by atoms with Gasteiger partial charge in [0.2, 0.25) is 5.91 Å². The van der Waals surface area contributed by atoms with E-state index in [1.807, 2.05) is 47.4 Å². The molecular weight excluding hydrogens is 292 g/mol. The molecule has 2 aromatic carbocycles. The number of benzene rings is 2.